The molecule has 9 heteroatoms. The highest BCUT2D eigenvalue weighted by Crippen LogP contribution is 2.34. The van der Waals surface area contributed by atoms with Gasteiger partial charge >= 0.3 is 0 Å². The fourth-order valence-electron chi connectivity index (χ4n) is 3.29. The maximum absolute atomic E-state index is 11.6. The van der Waals surface area contributed by atoms with E-state index in [1.54, 1.807) is 4.90 Å². The molecule has 0 spiro atoms. The van der Waals surface area contributed by atoms with E-state index in [0.717, 1.165) is 33.7 Å². The van der Waals surface area contributed by atoms with Gasteiger partial charge in [0.2, 0.25) is 6.41 Å². The topological polar surface area (TPSA) is 86.8 Å². The SMILES string of the molecule is O=CN(c1ccc(-c2n[nH]c3ncnc(Nc4cccc(Cl)c4)c23)cc1)c1cccs1. The van der Waals surface area contributed by atoms with Crippen LogP contribution in [0, 0.1) is 0 Å². The molecule has 7 nitrogen and oxygen atoms in total. The first kappa shape index (κ1) is 19.2. The minimum absolute atomic E-state index is 0.617. The molecule has 0 fully saturated rings. The molecule has 5 rings (SSSR count). The van der Waals surface area contributed by atoms with Crippen LogP contribution in [-0.4, -0.2) is 26.6 Å². The van der Waals surface area contributed by atoms with Gasteiger partial charge in [0, 0.05) is 22.0 Å². The van der Waals surface area contributed by atoms with Crippen LogP contribution in [0.4, 0.5) is 22.2 Å². The number of rotatable bonds is 6. The predicted octanol–water partition coefficient (Wildman–Crippen LogP) is 5.77. The van der Waals surface area contributed by atoms with Crippen molar-refractivity contribution in [2.24, 2.45) is 0 Å². The molecule has 152 valence electrons. The van der Waals surface area contributed by atoms with Crippen LogP contribution in [0.1, 0.15) is 0 Å². The number of fused-ring (bicyclic) bond motifs is 1. The molecule has 0 saturated carbocycles. The molecule has 31 heavy (non-hydrogen) atoms. The Balaban J connectivity index is 1.52. The van der Waals surface area contributed by atoms with Gasteiger partial charge < -0.3 is 5.32 Å². The minimum Gasteiger partial charge on any atom is -0.339 e. The lowest BCUT2D eigenvalue weighted by molar-refractivity contribution is -0.106. The Kier molecular flexibility index (Phi) is 5.07. The normalized spacial score (nSPS) is 10.9. The zero-order valence-electron chi connectivity index (χ0n) is 16.0. The summed E-state index contributed by atoms with van der Waals surface area (Å²) in [6.45, 7) is 0. The monoisotopic (exact) mass is 446 g/mol. The molecule has 0 unspecified atom stereocenters. The van der Waals surface area contributed by atoms with Gasteiger partial charge in [-0.25, -0.2) is 9.97 Å². The van der Waals surface area contributed by atoms with E-state index in [1.807, 2.05) is 66.0 Å². The number of hydrogen-bond acceptors (Lipinski definition) is 6. The van der Waals surface area contributed by atoms with Gasteiger partial charge in [0.25, 0.3) is 0 Å². The number of nitrogens with one attached hydrogen (secondary N) is 2. The summed E-state index contributed by atoms with van der Waals surface area (Å²) in [7, 11) is 0. The number of benzene rings is 2. The number of aromatic amines is 1. The summed E-state index contributed by atoms with van der Waals surface area (Å²) in [5, 5.41) is 14.9. The molecular weight excluding hydrogens is 432 g/mol. The second kappa shape index (κ2) is 8.17. The Morgan fingerprint density at radius 3 is 2.68 bits per heavy atom. The summed E-state index contributed by atoms with van der Waals surface area (Å²) in [6.07, 6.45) is 2.29. The van der Waals surface area contributed by atoms with Gasteiger partial charge in [0.15, 0.2) is 5.65 Å². The van der Waals surface area contributed by atoms with Crippen LogP contribution in [0.2, 0.25) is 5.02 Å². The van der Waals surface area contributed by atoms with Crippen LogP contribution in [-0.2, 0) is 4.79 Å². The average Bonchev–Trinajstić information content (AvgIpc) is 3.46. The Morgan fingerprint density at radius 2 is 1.94 bits per heavy atom. The molecule has 2 N–H and O–H groups in total. The maximum Gasteiger partial charge on any atom is 0.219 e. The number of thiophene rings is 1. The molecule has 3 heterocycles. The second-order valence-corrected chi connectivity index (χ2v) is 7.99. The van der Waals surface area contributed by atoms with E-state index in [9.17, 15) is 4.79 Å². The minimum atomic E-state index is 0.617. The van der Waals surface area contributed by atoms with Crippen molar-refractivity contribution in [3.8, 4) is 11.3 Å². The highest BCUT2D eigenvalue weighted by molar-refractivity contribution is 7.14. The van der Waals surface area contributed by atoms with Gasteiger partial charge in [-0.3, -0.25) is 14.8 Å². The summed E-state index contributed by atoms with van der Waals surface area (Å²) < 4.78 is 0. The molecule has 0 atom stereocenters. The first-order chi connectivity index (χ1) is 15.2. The van der Waals surface area contributed by atoms with Crippen molar-refractivity contribution >= 4 is 62.6 Å². The number of aromatic nitrogens is 4. The zero-order valence-corrected chi connectivity index (χ0v) is 17.6. The average molecular weight is 447 g/mol. The van der Waals surface area contributed by atoms with Crippen molar-refractivity contribution < 1.29 is 4.79 Å². The molecular formula is C22H15ClN6OS. The predicted molar refractivity (Wildman–Crippen MR) is 124 cm³/mol. The van der Waals surface area contributed by atoms with Crippen LogP contribution in [0.15, 0.2) is 72.4 Å². The van der Waals surface area contributed by atoms with Crippen LogP contribution in [0.25, 0.3) is 22.3 Å². The Morgan fingerprint density at radius 1 is 1.06 bits per heavy atom. The van der Waals surface area contributed by atoms with Crippen LogP contribution in [0.5, 0.6) is 0 Å². The van der Waals surface area contributed by atoms with Crippen molar-refractivity contribution in [1.29, 1.82) is 0 Å². The molecule has 1 amide bonds. The number of anilines is 4. The quantitative estimate of drug-likeness (QED) is 0.323. The molecule has 5 aromatic rings. The van der Waals surface area contributed by atoms with Gasteiger partial charge in [-0.05, 0) is 47.8 Å². The molecule has 2 aromatic carbocycles. The first-order valence-electron chi connectivity index (χ1n) is 9.33. The van der Waals surface area contributed by atoms with E-state index in [1.165, 1.54) is 17.7 Å². The van der Waals surface area contributed by atoms with Crippen molar-refractivity contribution in [3.63, 3.8) is 0 Å². The molecule has 0 saturated heterocycles. The summed E-state index contributed by atoms with van der Waals surface area (Å²) in [4.78, 5) is 21.9. The zero-order chi connectivity index (χ0) is 21.2. The number of hydrogen-bond donors (Lipinski definition) is 2. The first-order valence-corrected chi connectivity index (χ1v) is 10.6. The second-order valence-electron chi connectivity index (χ2n) is 6.63. The fraction of sp³-hybridized carbons (Fsp3) is 0. The van der Waals surface area contributed by atoms with E-state index in [4.69, 9.17) is 11.6 Å². The molecule has 0 bridgehead atoms. The van der Waals surface area contributed by atoms with Crippen LogP contribution < -0.4 is 10.2 Å². The molecule has 3 aromatic heterocycles. The Bertz CT molecular complexity index is 1350. The van der Waals surface area contributed by atoms with Gasteiger partial charge in [-0.15, -0.1) is 11.3 Å². The van der Waals surface area contributed by atoms with Crippen molar-refractivity contribution in [1.82, 2.24) is 20.2 Å². The number of amides is 1. The summed E-state index contributed by atoms with van der Waals surface area (Å²) in [5.74, 6) is 0.619. The van der Waals surface area contributed by atoms with Crippen LogP contribution in [0.3, 0.4) is 0 Å². The standard InChI is InChI=1S/C22H15ClN6OS/c23-15-3-1-4-16(11-15)26-21-19-20(27-28-22(19)25-12-24-21)14-6-8-17(9-7-14)29(13-30)18-5-2-10-31-18/h1-13H,(H2,24,25,26,27,28). The lowest BCUT2D eigenvalue weighted by atomic mass is 10.1. The molecule has 0 radical (unpaired) electrons. The van der Waals surface area contributed by atoms with Gasteiger partial charge in [-0.1, -0.05) is 29.8 Å². The van der Waals surface area contributed by atoms with Crippen LogP contribution >= 0.6 is 22.9 Å². The van der Waals surface area contributed by atoms with E-state index in [-0.39, 0.29) is 0 Å². The summed E-state index contributed by atoms with van der Waals surface area (Å²) in [6, 6.07) is 18.8. The number of H-pyrrole nitrogens is 1. The third kappa shape index (κ3) is 3.74. The number of carbonyl (C=O) groups is 1. The molecule has 0 aliphatic rings. The van der Waals surface area contributed by atoms with Gasteiger partial charge in [0.05, 0.1) is 5.39 Å². The number of nitrogens with zero attached hydrogens (tertiary/aromatic N) is 4. The lowest BCUT2D eigenvalue weighted by Gasteiger charge is -2.15. The van der Waals surface area contributed by atoms with Gasteiger partial charge in [-0.2, -0.15) is 5.10 Å². The smallest absolute Gasteiger partial charge is 0.219 e. The van der Waals surface area contributed by atoms with E-state index < -0.39 is 0 Å². The lowest BCUT2D eigenvalue weighted by Crippen LogP contribution is -2.12. The fourth-order valence-corrected chi connectivity index (χ4v) is 4.20. The Labute approximate surface area is 186 Å². The van der Waals surface area contributed by atoms with Gasteiger partial charge in [0.1, 0.15) is 22.8 Å². The summed E-state index contributed by atoms with van der Waals surface area (Å²) in [5.41, 5.74) is 3.78. The Hall–Kier alpha value is -3.75. The van der Waals surface area contributed by atoms with E-state index in [2.05, 4.69) is 25.5 Å². The van der Waals surface area contributed by atoms with E-state index >= 15 is 0 Å². The largest absolute Gasteiger partial charge is 0.339 e. The highest BCUT2D eigenvalue weighted by atomic mass is 35.5. The highest BCUT2D eigenvalue weighted by Gasteiger charge is 2.16. The summed E-state index contributed by atoms with van der Waals surface area (Å²) >= 11 is 7.61. The number of halogens is 1. The van der Waals surface area contributed by atoms with E-state index in [0.29, 0.717) is 22.2 Å². The molecule has 0 aliphatic heterocycles. The van der Waals surface area contributed by atoms with Crippen molar-refractivity contribution in [3.05, 3.63) is 77.4 Å². The third-order valence-electron chi connectivity index (χ3n) is 4.71. The molecule has 0 aliphatic carbocycles. The van der Waals surface area contributed by atoms with Crippen molar-refractivity contribution in [2.45, 2.75) is 0 Å². The maximum atomic E-state index is 11.6. The third-order valence-corrected chi connectivity index (χ3v) is 5.82. The van der Waals surface area contributed by atoms with Crippen molar-refractivity contribution in [2.75, 3.05) is 10.2 Å². The number of carbonyl (C=O) groups excluding carboxylic acids is 1.